The molecule has 3 heterocycles. The topological polar surface area (TPSA) is 170 Å². The molecule has 63 heavy (non-hydrogen) atoms. The Balaban J connectivity index is 1.88. The van der Waals surface area contributed by atoms with Gasteiger partial charge in [0, 0.05) is 31.5 Å². The van der Waals surface area contributed by atoms with Crippen LogP contribution in [0.3, 0.4) is 0 Å². The number of benzene rings is 1. The first-order valence-corrected chi connectivity index (χ1v) is 24.6. The summed E-state index contributed by atoms with van der Waals surface area (Å²) in [6, 6.07) is 1.93. The van der Waals surface area contributed by atoms with E-state index in [-0.39, 0.29) is 81.2 Å². The van der Waals surface area contributed by atoms with Gasteiger partial charge in [0.05, 0.1) is 28.1 Å². The average molecular weight is 944 g/mol. The largest absolute Gasteiger partial charge is 0.459 e. The summed E-state index contributed by atoms with van der Waals surface area (Å²) in [5, 5.41) is 13.3. The number of carbonyl (C=O) groups is 6. The van der Waals surface area contributed by atoms with Crippen molar-refractivity contribution < 1.29 is 47.7 Å². The van der Waals surface area contributed by atoms with Crippen molar-refractivity contribution in [2.75, 3.05) is 26.3 Å². The maximum atomic E-state index is 14.2. The number of carbonyl (C=O) groups excluding carboxylic acids is 6. The number of hydrogen-bond acceptors (Lipinski definition) is 15. The molecule has 4 rings (SSSR count). The second-order valence-corrected chi connectivity index (χ2v) is 23.1. The van der Waals surface area contributed by atoms with Gasteiger partial charge < -0.3 is 18.9 Å². The summed E-state index contributed by atoms with van der Waals surface area (Å²) < 4.78 is 23.5. The molecule has 1 saturated heterocycles. The second kappa shape index (κ2) is 22.4. The van der Waals surface area contributed by atoms with Crippen LogP contribution in [0.5, 0.6) is 11.5 Å². The minimum Gasteiger partial charge on any atom is -0.459 e. The molecule has 13 nitrogen and oxygen atoms in total. The van der Waals surface area contributed by atoms with Gasteiger partial charge in [-0.25, -0.2) is 19.6 Å². The summed E-state index contributed by atoms with van der Waals surface area (Å²) in [7, 11) is 0. The molecule has 1 aromatic rings. The van der Waals surface area contributed by atoms with E-state index in [9.17, 15) is 34.0 Å². The first-order valence-electron chi connectivity index (χ1n) is 21.4. The van der Waals surface area contributed by atoms with Crippen molar-refractivity contribution in [3.05, 3.63) is 31.8 Å². The zero-order valence-electron chi connectivity index (χ0n) is 38.4. The Bertz CT molecular complexity index is 2000. The molecule has 0 saturated carbocycles. The van der Waals surface area contributed by atoms with E-state index >= 15 is 0 Å². The van der Waals surface area contributed by atoms with Crippen LogP contribution in [0.25, 0.3) is 0 Å². The number of hydrogen-bond donors (Lipinski definition) is 0. The van der Waals surface area contributed by atoms with Crippen LogP contribution in [0.4, 0.5) is 0 Å². The third-order valence-electron chi connectivity index (χ3n) is 9.66. The van der Waals surface area contributed by atoms with Crippen LogP contribution in [0, 0.1) is 34.0 Å². The maximum absolute atomic E-state index is 14.2. The summed E-state index contributed by atoms with van der Waals surface area (Å²) in [4.78, 5) is 82.8. The molecule has 1 aromatic carbocycles. The van der Waals surface area contributed by atoms with Crippen molar-refractivity contribution in [2.45, 2.75) is 147 Å². The molecule has 2 amide bonds. The third kappa shape index (κ3) is 13.8. The second-order valence-electron chi connectivity index (χ2n) is 18.5. The van der Waals surface area contributed by atoms with Gasteiger partial charge in [-0.3, -0.25) is 19.2 Å². The Labute approximate surface area is 389 Å². The fourth-order valence-corrected chi connectivity index (χ4v) is 12.8. The molecule has 2 atom stereocenters. The van der Waals surface area contributed by atoms with Crippen LogP contribution in [0.1, 0.15) is 128 Å². The molecule has 0 aliphatic carbocycles. The SMILES string of the molecule is C=C(C)C(=O)OCCOC(=O)C(C#N)=C1Sc2c(OC(=O)CC(C)CC(C)(C)C)c3c(c(OC(=O)CC(C)CC(C)(C)C)c2S1)SC(=C1C(=O)N(CCCC)N(CCCC)C1=O)S3. The first kappa shape index (κ1) is 51.8. The number of hydrazine groups is 1. The van der Waals surface area contributed by atoms with E-state index in [2.05, 4.69) is 48.1 Å². The lowest BCUT2D eigenvalue weighted by Gasteiger charge is -2.27. The standard InChI is InChI=1S/C46H61N3O10S4/c1-13-15-17-48-39(52)32(40(53)49(48)18-16-14-2)44-62-37-33(58-30(50)21-27(5)23-45(7,8)9)35-36(34(38(37)63-44)59-31(51)22-28(6)24-46(10,11)12)61-43(60-35)29(25-47)42(55)57-20-19-56-41(54)26(3)4/h27-28H,3,13-24H2,1-2,4-12H3. The molecular formula is C46H61N3O10S4. The summed E-state index contributed by atoms with van der Waals surface area (Å²) in [6.45, 7) is 25.7. The lowest BCUT2D eigenvalue weighted by Crippen LogP contribution is -2.42. The molecule has 2 unspecified atom stereocenters. The van der Waals surface area contributed by atoms with Crippen LogP contribution in [-0.4, -0.2) is 72.0 Å². The smallest absolute Gasteiger partial charge is 0.350 e. The van der Waals surface area contributed by atoms with Gasteiger partial charge in [0.1, 0.15) is 24.9 Å². The lowest BCUT2D eigenvalue weighted by molar-refractivity contribution is -0.147. The highest BCUT2D eigenvalue weighted by Gasteiger charge is 2.47. The highest BCUT2D eigenvalue weighted by molar-refractivity contribution is 8.26. The monoisotopic (exact) mass is 943 g/mol. The predicted molar refractivity (Wildman–Crippen MR) is 246 cm³/mol. The van der Waals surface area contributed by atoms with Gasteiger partial charge in [-0.15, -0.1) is 0 Å². The van der Waals surface area contributed by atoms with Crippen molar-refractivity contribution >= 4 is 82.7 Å². The van der Waals surface area contributed by atoms with E-state index in [1.54, 1.807) is 0 Å². The van der Waals surface area contributed by atoms with E-state index in [1.165, 1.54) is 16.9 Å². The van der Waals surface area contributed by atoms with E-state index in [1.807, 2.05) is 33.8 Å². The normalized spacial score (nSPS) is 15.8. The summed E-state index contributed by atoms with van der Waals surface area (Å²) in [6.07, 6.45) is 4.68. The molecule has 344 valence electrons. The van der Waals surface area contributed by atoms with Gasteiger partial charge in [0.25, 0.3) is 11.8 Å². The Kier molecular flexibility index (Phi) is 18.4. The molecule has 0 radical (unpaired) electrons. The molecule has 0 N–H and O–H groups in total. The van der Waals surface area contributed by atoms with E-state index in [4.69, 9.17) is 18.9 Å². The highest BCUT2D eigenvalue weighted by atomic mass is 32.2. The minimum absolute atomic E-state index is 0.00921. The van der Waals surface area contributed by atoms with E-state index in [0.29, 0.717) is 49.8 Å². The number of unbranched alkanes of at least 4 members (excludes halogenated alkanes) is 2. The Morgan fingerprint density at radius 1 is 0.698 bits per heavy atom. The molecule has 0 bridgehead atoms. The fraction of sp³-hybridized carbons (Fsp3) is 0.587. The van der Waals surface area contributed by atoms with Crippen molar-refractivity contribution in [3.8, 4) is 17.6 Å². The summed E-state index contributed by atoms with van der Waals surface area (Å²) in [5.74, 6) is -3.41. The number of esters is 4. The molecule has 3 aliphatic heterocycles. The van der Waals surface area contributed by atoms with E-state index in [0.717, 1.165) is 72.7 Å². The van der Waals surface area contributed by atoms with E-state index < -0.39 is 35.7 Å². The summed E-state index contributed by atoms with van der Waals surface area (Å²) >= 11 is 4.17. The zero-order chi connectivity index (χ0) is 47.0. The summed E-state index contributed by atoms with van der Waals surface area (Å²) in [5.41, 5.74) is -0.297. The van der Waals surface area contributed by atoms with Gasteiger partial charge in [0.15, 0.2) is 17.1 Å². The third-order valence-corrected chi connectivity index (χ3v) is 14.8. The zero-order valence-corrected chi connectivity index (χ0v) is 41.7. The molecule has 1 fully saturated rings. The number of thioether (sulfide) groups is 4. The van der Waals surface area contributed by atoms with Gasteiger partial charge in [-0.2, -0.15) is 5.26 Å². The molecule has 0 aromatic heterocycles. The highest BCUT2D eigenvalue weighted by Crippen LogP contribution is 2.69. The Morgan fingerprint density at radius 2 is 1.10 bits per heavy atom. The number of amides is 2. The van der Waals surface area contributed by atoms with Gasteiger partial charge >= 0.3 is 23.9 Å². The maximum Gasteiger partial charge on any atom is 0.350 e. The quantitative estimate of drug-likeness (QED) is 0.0320. The van der Waals surface area contributed by atoms with Crippen molar-refractivity contribution in [3.63, 3.8) is 0 Å². The number of nitriles is 1. The molecular weight excluding hydrogens is 883 g/mol. The number of nitrogens with zero attached hydrogens (tertiary/aromatic N) is 3. The fourth-order valence-electron chi connectivity index (χ4n) is 7.35. The molecule has 3 aliphatic rings. The number of fused-ring (bicyclic) bond motifs is 2. The molecule has 17 heteroatoms. The predicted octanol–water partition coefficient (Wildman–Crippen LogP) is 10.6. The Morgan fingerprint density at radius 3 is 1.46 bits per heavy atom. The van der Waals surface area contributed by atoms with Crippen molar-refractivity contribution in [1.82, 2.24) is 10.0 Å². The molecule has 0 spiro atoms. The first-order chi connectivity index (χ1) is 29.5. The number of rotatable bonds is 19. The number of ether oxygens (including phenoxy) is 4. The van der Waals surface area contributed by atoms with Gasteiger partial charge in [0.2, 0.25) is 0 Å². The lowest BCUT2D eigenvalue weighted by atomic mass is 9.84. The average Bonchev–Trinajstić information content (AvgIpc) is 3.85. The Hall–Kier alpha value is -3.85. The van der Waals surface area contributed by atoms with Crippen molar-refractivity contribution in [1.29, 1.82) is 5.26 Å². The van der Waals surface area contributed by atoms with Crippen molar-refractivity contribution in [2.24, 2.45) is 22.7 Å². The van der Waals surface area contributed by atoms with Gasteiger partial charge in [-0.05, 0) is 55.3 Å². The van der Waals surface area contributed by atoms with Crippen LogP contribution in [0.15, 0.2) is 51.4 Å². The minimum atomic E-state index is -0.974. The van der Waals surface area contributed by atoms with Crippen LogP contribution < -0.4 is 9.47 Å². The van der Waals surface area contributed by atoms with Crippen LogP contribution in [0.2, 0.25) is 0 Å². The van der Waals surface area contributed by atoms with Crippen LogP contribution >= 0.6 is 47.0 Å². The van der Waals surface area contributed by atoms with Crippen LogP contribution in [-0.2, 0) is 38.2 Å². The van der Waals surface area contributed by atoms with Gasteiger partial charge in [-0.1, -0.05) is 136 Å².